The summed E-state index contributed by atoms with van der Waals surface area (Å²) in [6.45, 7) is 5.53. The molecule has 1 aromatic rings. The second kappa shape index (κ2) is 6.09. The van der Waals surface area contributed by atoms with Crippen molar-refractivity contribution in [2.24, 2.45) is 33.4 Å². The molecule has 3 nitrogen and oxygen atoms in total. The number of terminal acetylenes is 1. The first-order valence-corrected chi connectivity index (χ1v) is 10.7. The van der Waals surface area contributed by atoms with Crippen molar-refractivity contribution in [3.63, 3.8) is 0 Å². The Bertz CT molecular complexity index is 816. The van der Waals surface area contributed by atoms with Gasteiger partial charge >= 0.3 is 0 Å². The van der Waals surface area contributed by atoms with Crippen molar-refractivity contribution in [2.45, 2.75) is 70.4 Å². The van der Waals surface area contributed by atoms with Gasteiger partial charge in [0, 0.05) is 0 Å². The highest BCUT2D eigenvalue weighted by Crippen LogP contribution is 2.62. The molecule has 142 valence electrons. The van der Waals surface area contributed by atoms with Gasteiger partial charge in [-0.25, -0.2) is 0 Å². The molecule has 1 aliphatic heterocycles. The summed E-state index contributed by atoms with van der Waals surface area (Å²) in [6.07, 6.45) is 14.1. The molecule has 1 aromatic carbocycles. The lowest BCUT2D eigenvalue weighted by molar-refractivity contribution is 0.0336. The minimum Gasteiger partial charge on any atom is -0.489 e. The van der Waals surface area contributed by atoms with E-state index in [1.54, 1.807) is 5.56 Å². The topological polar surface area (TPSA) is 34.0 Å². The van der Waals surface area contributed by atoms with Gasteiger partial charge in [-0.1, -0.05) is 19.9 Å². The molecule has 5 rings (SSSR count). The Balaban J connectivity index is 1.33. The van der Waals surface area contributed by atoms with Crippen LogP contribution in [0.3, 0.4) is 0 Å². The molecule has 2 saturated carbocycles. The van der Waals surface area contributed by atoms with Gasteiger partial charge in [-0.15, -0.1) is 12.3 Å². The van der Waals surface area contributed by atoms with E-state index in [9.17, 15) is 0 Å². The number of nitrogens with zero attached hydrogens (tertiary/aromatic N) is 2. The summed E-state index contributed by atoms with van der Waals surface area (Å²) < 4.78 is 6.00. The SMILES string of the molecule is C#CCC1(COc2ccc3c(c2)CC[C@@H]2[C@@H]3CC[C@]3(C)[C@@H](C)CC[C@@H]23)N=N1. The van der Waals surface area contributed by atoms with Crippen LogP contribution in [0.25, 0.3) is 0 Å². The Labute approximate surface area is 163 Å². The lowest BCUT2D eigenvalue weighted by atomic mass is 9.54. The van der Waals surface area contributed by atoms with Crippen molar-refractivity contribution >= 4 is 0 Å². The Morgan fingerprint density at radius 2 is 2.07 bits per heavy atom. The molecule has 0 amide bonds. The van der Waals surface area contributed by atoms with Crippen LogP contribution in [-0.2, 0) is 6.42 Å². The summed E-state index contributed by atoms with van der Waals surface area (Å²) in [7, 11) is 0. The molecule has 0 saturated heterocycles. The highest BCUT2D eigenvalue weighted by molar-refractivity contribution is 5.41. The smallest absolute Gasteiger partial charge is 0.235 e. The van der Waals surface area contributed by atoms with Crippen LogP contribution in [0.4, 0.5) is 0 Å². The molecular formula is C24H30N2O. The van der Waals surface area contributed by atoms with Gasteiger partial charge in [-0.2, -0.15) is 10.2 Å². The van der Waals surface area contributed by atoms with E-state index in [4.69, 9.17) is 11.2 Å². The Hall–Kier alpha value is -1.82. The zero-order chi connectivity index (χ0) is 18.6. The molecule has 0 spiro atoms. The van der Waals surface area contributed by atoms with Crippen molar-refractivity contribution < 1.29 is 4.74 Å². The number of benzene rings is 1. The van der Waals surface area contributed by atoms with Crippen molar-refractivity contribution in [2.75, 3.05) is 6.61 Å². The van der Waals surface area contributed by atoms with Gasteiger partial charge in [0.2, 0.25) is 5.66 Å². The molecular weight excluding hydrogens is 332 g/mol. The lowest BCUT2D eigenvalue weighted by Crippen LogP contribution is -2.41. The van der Waals surface area contributed by atoms with E-state index < -0.39 is 5.66 Å². The first-order valence-electron chi connectivity index (χ1n) is 10.7. The predicted molar refractivity (Wildman–Crippen MR) is 107 cm³/mol. The van der Waals surface area contributed by atoms with Crippen molar-refractivity contribution in [1.82, 2.24) is 0 Å². The Kier molecular flexibility index (Phi) is 3.90. The fraction of sp³-hybridized carbons (Fsp3) is 0.667. The molecule has 27 heavy (non-hydrogen) atoms. The van der Waals surface area contributed by atoms with Gasteiger partial charge in [0.1, 0.15) is 12.4 Å². The van der Waals surface area contributed by atoms with E-state index in [2.05, 4.69) is 48.2 Å². The summed E-state index contributed by atoms with van der Waals surface area (Å²) >= 11 is 0. The van der Waals surface area contributed by atoms with Crippen LogP contribution in [-0.4, -0.2) is 12.3 Å². The molecule has 2 fully saturated rings. The molecule has 1 heterocycles. The van der Waals surface area contributed by atoms with E-state index in [0.29, 0.717) is 18.4 Å². The first kappa shape index (κ1) is 17.3. The Morgan fingerprint density at radius 1 is 1.22 bits per heavy atom. The van der Waals surface area contributed by atoms with Gasteiger partial charge in [-0.05, 0) is 90.9 Å². The van der Waals surface area contributed by atoms with Crippen molar-refractivity contribution in [1.29, 1.82) is 0 Å². The largest absolute Gasteiger partial charge is 0.489 e. The van der Waals surface area contributed by atoms with E-state index in [1.807, 2.05) is 0 Å². The molecule has 3 aliphatic carbocycles. The van der Waals surface area contributed by atoms with E-state index >= 15 is 0 Å². The summed E-state index contributed by atoms with van der Waals surface area (Å²) in [5, 5.41) is 8.16. The fourth-order valence-corrected chi connectivity index (χ4v) is 6.52. The molecule has 5 atom stereocenters. The fourth-order valence-electron chi connectivity index (χ4n) is 6.52. The van der Waals surface area contributed by atoms with Crippen LogP contribution in [0, 0.1) is 35.5 Å². The second-order valence-corrected chi connectivity index (χ2v) is 9.65. The summed E-state index contributed by atoms with van der Waals surface area (Å²) in [5.41, 5.74) is 3.21. The number of hydrogen-bond donors (Lipinski definition) is 0. The second-order valence-electron chi connectivity index (χ2n) is 9.65. The van der Waals surface area contributed by atoms with E-state index in [1.165, 1.54) is 44.1 Å². The summed E-state index contributed by atoms with van der Waals surface area (Å²) in [4.78, 5) is 0. The maximum absolute atomic E-state index is 6.00. The van der Waals surface area contributed by atoms with Gasteiger partial charge in [0.05, 0.1) is 6.42 Å². The molecule has 0 bridgehead atoms. The van der Waals surface area contributed by atoms with E-state index in [-0.39, 0.29) is 0 Å². The minimum atomic E-state index is -0.470. The van der Waals surface area contributed by atoms with Crippen molar-refractivity contribution in [3.8, 4) is 18.1 Å². The normalized spacial score (nSPS) is 37.7. The average Bonchev–Trinajstić information content (AvgIpc) is 3.37. The number of aryl methyl sites for hydroxylation is 1. The predicted octanol–water partition coefficient (Wildman–Crippen LogP) is 5.74. The first-order chi connectivity index (χ1) is 13.0. The third-order valence-electron chi connectivity index (χ3n) is 8.41. The minimum absolute atomic E-state index is 0.459. The van der Waals surface area contributed by atoms with Crippen LogP contribution < -0.4 is 4.74 Å². The molecule has 4 aliphatic rings. The molecule has 0 radical (unpaired) electrons. The maximum atomic E-state index is 6.00. The van der Waals surface area contributed by atoms with Crippen LogP contribution in [0.1, 0.15) is 69.4 Å². The maximum Gasteiger partial charge on any atom is 0.235 e. The van der Waals surface area contributed by atoms with E-state index in [0.717, 1.165) is 29.4 Å². The third-order valence-corrected chi connectivity index (χ3v) is 8.41. The highest BCUT2D eigenvalue weighted by atomic mass is 16.5. The number of ether oxygens (including phenoxy) is 1. The van der Waals surface area contributed by atoms with Crippen LogP contribution in [0.2, 0.25) is 0 Å². The number of rotatable bonds is 4. The molecule has 0 unspecified atom stereocenters. The van der Waals surface area contributed by atoms with Crippen molar-refractivity contribution in [3.05, 3.63) is 29.3 Å². The summed E-state index contributed by atoms with van der Waals surface area (Å²) in [6, 6.07) is 6.76. The number of hydrogen-bond acceptors (Lipinski definition) is 3. The zero-order valence-electron chi connectivity index (χ0n) is 16.6. The van der Waals surface area contributed by atoms with Gasteiger partial charge in [-0.3, -0.25) is 0 Å². The molecule has 3 heteroatoms. The van der Waals surface area contributed by atoms with Gasteiger partial charge < -0.3 is 4.74 Å². The zero-order valence-corrected chi connectivity index (χ0v) is 16.6. The van der Waals surface area contributed by atoms with Crippen LogP contribution >= 0.6 is 0 Å². The highest BCUT2D eigenvalue weighted by Gasteiger charge is 2.53. The van der Waals surface area contributed by atoms with Crippen LogP contribution in [0.5, 0.6) is 5.75 Å². The third kappa shape index (κ3) is 2.72. The van der Waals surface area contributed by atoms with Gasteiger partial charge in [0.25, 0.3) is 0 Å². The number of fused-ring (bicyclic) bond motifs is 5. The average molecular weight is 363 g/mol. The standard InChI is InChI=1S/C24H30N2O/c1-4-12-24(25-26-24)15-27-18-7-9-19-17(14-18)6-8-21-20(19)11-13-23(3)16(2)5-10-22(21)23/h1,7,9,14,16,20-22H,5-6,8,10-13,15H2,2-3H3/t16-,20+,21+,22-,23+/m0/s1. The summed E-state index contributed by atoms with van der Waals surface area (Å²) in [5.74, 6) is 7.05. The van der Waals surface area contributed by atoms with Gasteiger partial charge in [0.15, 0.2) is 0 Å². The quantitative estimate of drug-likeness (QED) is 0.629. The molecule has 0 aromatic heterocycles. The molecule has 0 N–H and O–H groups in total. The van der Waals surface area contributed by atoms with Crippen LogP contribution in [0.15, 0.2) is 28.4 Å². The Morgan fingerprint density at radius 3 is 2.85 bits per heavy atom. The lowest BCUT2D eigenvalue weighted by Gasteiger charge is -2.50. The monoisotopic (exact) mass is 362 g/mol.